The number of nitrogens with zero attached hydrogens (tertiary/aromatic N) is 1. The molecule has 21 heavy (non-hydrogen) atoms. The van der Waals surface area contributed by atoms with Gasteiger partial charge in [-0.15, -0.1) is 0 Å². The zero-order valence-electron chi connectivity index (χ0n) is 12.6. The second-order valence-electron chi connectivity index (χ2n) is 5.03. The third kappa shape index (κ3) is 3.59. The number of carbonyl (C=O) groups is 1. The predicted octanol–water partition coefficient (Wildman–Crippen LogP) is 1.83. The van der Waals surface area contributed by atoms with Crippen LogP contribution in [0.4, 0.5) is 4.39 Å². The Bertz CT molecular complexity index is 655. The summed E-state index contributed by atoms with van der Waals surface area (Å²) in [7, 11) is -2.53. The Labute approximate surface area is 124 Å². The fourth-order valence-electron chi connectivity index (χ4n) is 2.42. The zero-order chi connectivity index (χ0) is 16.4. The van der Waals surface area contributed by atoms with Gasteiger partial charge in [0.25, 0.3) is 0 Å². The van der Waals surface area contributed by atoms with Crippen LogP contribution in [-0.4, -0.2) is 44.1 Å². The van der Waals surface area contributed by atoms with E-state index in [-0.39, 0.29) is 17.9 Å². The number of alkyl halides is 1. The van der Waals surface area contributed by atoms with Crippen molar-refractivity contribution in [3.8, 4) is 0 Å². The van der Waals surface area contributed by atoms with Crippen LogP contribution in [0.5, 0.6) is 0 Å². The molecule has 0 saturated carbocycles. The van der Waals surface area contributed by atoms with Crippen LogP contribution in [0.25, 0.3) is 0 Å². The molecule has 118 valence electrons. The average Bonchev–Trinajstić information content (AvgIpc) is 2.33. The molecule has 0 fully saturated rings. The molecule has 0 radical (unpaired) electrons. The first-order chi connectivity index (χ1) is 9.62. The first kappa shape index (κ1) is 17.6. The summed E-state index contributed by atoms with van der Waals surface area (Å²) in [4.78, 5) is 11.0. The molecule has 0 spiro atoms. The predicted molar refractivity (Wildman–Crippen MR) is 77.8 cm³/mol. The number of aliphatic carboxylic acids is 1. The molecule has 1 aromatic rings. The third-order valence-corrected chi connectivity index (χ3v) is 5.60. The van der Waals surface area contributed by atoms with Gasteiger partial charge < -0.3 is 5.11 Å². The van der Waals surface area contributed by atoms with E-state index in [2.05, 4.69) is 0 Å². The first-order valence-corrected chi connectivity index (χ1v) is 7.90. The largest absolute Gasteiger partial charge is 0.481 e. The maximum atomic E-state index is 12.5. The molecule has 1 aromatic carbocycles. The van der Waals surface area contributed by atoms with Gasteiger partial charge in [-0.2, -0.15) is 4.31 Å². The summed E-state index contributed by atoms with van der Waals surface area (Å²) in [6, 6.07) is 1.65. The lowest BCUT2D eigenvalue weighted by atomic mass is 9.97. The Morgan fingerprint density at radius 1 is 1.29 bits per heavy atom. The van der Waals surface area contributed by atoms with Crippen molar-refractivity contribution in [1.29, 1.82) is 0 Å². The number of aryl methyl sites for hydroxylation is 2. The minimum absolute atomic E-state index is 0.0697. The van der Waals surface area contributed by atoms with Crippen molar-refractivity contribution in [2.45, 2.75) is 32.1 Å². The molecule has 7 heteroatoms. The first-order valence-electron chi connectivity index (χ1n) is 6.46. The number of carboxylic acids is 1. The Balaban J connectivity index is 3.53. The maximum Gasteiger partial charge on any atom is 0.307 e. The molecule has 1 N–H and O–H groups in total. The monoisotopic (exact) mass is 317 g/mol. The van der Waals surface area contributed by atoms with Crippen LogP contribution in [0.3, 0.4) is 0 Å². The highest BCUT2D eigenvalue weighted by molar-refractivity contribution is 7.89. The molecule has 0 amide bonds. The highest BCUT2D eigenvalue weighted by atomic mass is 32.2. The van der Waals surface area contributed by atoms with Gasteiger partial charge in [0.1, 0.15) is 6.67 Å². The molecule has 0 saturated heterocycles. The second-order valence-corrected chi connectivity index (χ2v) is 7.01. The van der Waals surface area contributed by atoms with Gasteiger partial charge in [0, 0.05) is 13.6 Å². The Hall–Kier alpha value is -1.47. The lowest BCUT2D eigenvalue weighted by Gasteiger charge is -2.21. The van der Waals surface area contributed by atoms with Crippen molar-refractivity contribution in [2.75, 3.05) is 20.3 Å². The zero-order valence-corrected chi connectivity index (χ0v) is 13.4. The summed E-state index contributed by atoms with van der Waals surface area (Å²) in [6.45, 7) is 3.99. The van der Waals surface area contributed by atoms with E-state index in [1.807, 2.05) is 0 Å². The number of carboxylic acid groups (broad SMARTS) is 1. The van der Waals surface area contributed by atoms with E-state index in [4.69, 9.17) is 5.11 Å². The number of sulfonamides is 1. The number of benzene rings is 1. The van der Waals surface area contributed by atoms with Gasteiger partial charge >= 0.3 is 5.97 Å². The molecule has 0 aliphatic heterocycles. The van der Waals surface area contributed by atoms with Gasteiger partial charge in [0.2, 0.25) is 10.0 Å². The van der Waals surface area contributed by atoms with Crippen molar-refractivity contribution in [3.05, 3.63) is 28.3 Å². The Morgan fingerprint density at radius 2 is 1.86 bits per heavy atom. The molecule has 0 aliphatic rings. The van der Waals surface area contributed by atoms with Crippen LogP contribution >= 0.6 is 0 Å². The number of halogens is 1. The van der Waals surface area contributed by atoms with E-state index in [1.165, 1.54) is 7.05 Å². The van der Waals surface area contributed by atoms with E-state index in [0.717, 1.165) is 9.87 Å². The molecule has 0 heterocycles. The summed E-state index contributed by atoms with van der Waals surface area (Å²) in [6.07, 6.45) is -0.243. The summed E-state index contributed by atoms with van der Waals surface area (Å²) in [5, 5.41) is 8.96. The van der Waals surface area contributed by atoms with Gasteiger partial charge in [0.15, 0.2) is 0 Å². The van der Waals surface area contributed by atoms with E-state index in [9.17, 15) is 17.6 Å². The van der Waals surface area contributed by atoms with Crippen LogP contribution in [0, 0.1) is 20.8 Å². The van der Waals surface area contributed by atoms with Crippen LogP contribution in [0.2, 0.25) is 0 Å². The molecule has 0 atom stereocenters. The van der Waals surface area contributed by atoms with Crippen LogP contribution in [-0.2, 0) is 21.2 Å². The highest BCUT2D eigenvalue weighted by Crippen LogP contribution is 2.28. The molecule has 0 unspecified atom stereocenters. The van der Waals surface area contributed by atoms with Gasteiger partial charge in [-0.05, 0) is 43.0 Å². The summed E-state index contributed by atoms with van der Waals surface area (Å²) in [5.74, 6) is -1.02. The van der Waals surface area contributed by atoms with Crippen molar-refractivity contribution in [2.24, 2.45) is 0 Å². The van der Waals surface area contributed by atoms with Crippen molar-refractivity contribution in [1.82, 2.24) is 4.31 Å². The van der Waals surface area contributed by atoms with Gasteiger partial charge in [-0.3, -0.25) is 4.79 Å². The summed E-state index contributed by atoms with van der Waals surface area (Å²) >= 11 is 0. The van der Waals surface area contributed by atoms with Crippen molar-refractivity contribution < 1.29 is 22.7 Å². The van der Waals surface area contributed by atoms with E-state index < -0.39 is 22.7 Å². The molecule has 0 aliphatic carbocycles. The fourth-order valence-corrected chi connectivity index (χ4v) is 4.02. The van der Waals surface area contributed by atoms with Crippen LogP contribution < -0.4 is 0 Å². The third-order valence-electron chi connectivity index (χ3n) is 3.46. The van der Waals surface area contributed by atoms with Gasteiger partial charge in [-0.25, -0.2) is 12.8 Å². The van der Waals surface area contributed by atoms with E-state index in [0.29, 0.717) is 16.7 Å². The average molecular weight is 317 g/mol. The van der Waals surface area contributed by atoms with E-state index in [1.54, 1.807) is 26.8 Å². The van der Waals surface area contributed by atoms with Gasteiger partial charge in [-0.1, -0.05) is 6.07 Å². The fraction of sp³-hybridized carbons (Fsp3) is 0.500. The Morgan fingerprint density at radius 3 is 2.33 bits per heavy atom. The van der Waals surface area contributed by atoms with Crippen molar-refractivity contribution >= 4 is 16.0 Å². The molecule has 0 bridgehead atoms. The molecule has 5 nitrogen and oxygen atoms in total. The molecular weight excluding hydrogens is 297 g/mol. The Kier molecular flexibility index (Phi) is 5.47. The SMILES string of the molecule is Cc1cc(C)c(S(=O)(=O)N(C)CCF)c(C)c1CC(=O)O. The lowest BCUT2D eigenvalue weighted by molar-refractivity contribution is -0.136. The maximum absolute atomic E-state index is 12.5. The second kappa shape index (κ2) is 6.53. The number of hydrogen-bond donors (Lipinski definition) is 1. The highest BCUT2D eigenvalue weighted by Gasteiger charge is 2.27. The number of hydrogen-bond acceptors (Lipinski definition) is 3. The van der Waals surface area contributed by atoms with Gasteiger partial charge in [0.05, 0.1) is 11.3 Å². The minimum atomic E-state index is -3.84. The lowest BCUT2D eigenvalue weighted by Crippen LogP contribution is -2.30. The van der Waals surface area contributed by atoms with Crippen LogP contribution in [0.15, 0.2) is 11.0 Å². The molecule has 1 rings (SSSR count). The van der Waals surface area contributed by atoms with Crippen LogP contribution in [0.1, 0.15) is 22.3 Å². The molecule has 0 aromatic heterocycles. The standard InChI is InChI=1S/C14H20FNO4S/c1-9-7-10(2)14(11(3)12(9)8-13(17)18)21(19,20)16(4)6-5-15/h7H,5-6,8H2,1-4H3,(H,17,18). The normalized spacial score (nSPS) is 11.9. The summed E-state index contributed by atoms with van der Waals surface area (Å²) in [5.41, 5.74) is 2.17. The van der Waals surface area contributed by atoms with Crippen molar-refractivity contribution in [3.63, 3.8) is 0 Å². The quantitative estimate of drug-likeness (QED) is 0.868. The minimum Gasteiger partial charge on any atom is -0.481 e. The smallest absolute Gasteiger partial charge is 0.307 e. The van der Waals surface area contributed by atoms with E-state index >= 15 is 0 Å². The molecular formula is C14H20FNO4S. The summed E-state index contributed by atoms with van der Waals surface area (Å²) < 4.78 is 38.4. The number of rotatable bonds is 6. The topological polar surface area (TPSA) is 74.7 Å².